The van der Waals surface area contributed by atoms with E-state index in [0.717, 1.165) is 19.3 Å². The third-order valence-electron chi connectivity index (χ3n) is 2.64. The first-order chi connectivity index (χ1) is 6.58. The van der Waals surface area contributed by atoms with Gasteiger partial charge in [-0.3, -0.25) is 0 Å². The largest absolute Gasteiger partial charge is 0.336 e. The van der Waals surface area contributed by atoms with E-state index < -0.39 is 0 Å². The summed E-state index contributed by atoms with van der Waals surface area (Å²) in [5.74, 6) is 0.633. The molecule has 0 aromatic rings. The molecule has 2 amide bonds. The van der Waals surface area contributed by atoms with Crippen LogP contribution in [0.1, 0.15) is 46.5 Å². The summed E-state index contributed by atoms with van der Waals surface area (Å²) in [5.41, 5.74) is 0. The molecule has 0 heterocycles. The van der Waals surface area contributed by atoms with E-state index in [1.54, 1.807) is 0 Å². The molecule has 3 heteroatoms. The summed E-state index contributed by atoms with van der Waals surface area (Å²) in [5, 5.41) is 5.93. The topological polar surface area (TPSA) is 41.1 Å². The summed E-state index contributed by atoms with van der Waals surface area (Å²) in [6.45, 7) is 6.39. The highest BCUT2D eigenvalue weighted by Gasteiger charge is 2.19. The second-order valence-corrected chi connectivity index (χ2v) is 4.78. The molecule has 3 nitrogen and oxygen atoms in total. The lowest BCUT2D eigenvalue weighted by molar-refractivity contribution is 0.224. The summed E-state index contributed by atoms with van der Waals surface area (Å²) in [6, 6.07) is 0.708. The quantitative estimate of drug-likeness (QED) is 0.715. The molecule has 0 bridgehead atoms. The second kappa shape index (κ2) is 5.23. The maximum absolute atomic E-state index is 11.4. The molecule has 1 fully saturated rings. The molecular weight excluding hydrogens is 176 g/mol. The van der Waals surface area contributed by atoms with Crippen LogP contribution in [0.5, 0.6) is 0 Å². The standard InChI is InChI=1S/C11H22N2O/c1-8(2)7-9(3)12-11(14)13-10-5-4-6-10/h8-10H,4-7H2,1-3H3,(H2,12,13,14). The van der Waals surface area contributed by atoms with Crippen LogP contribution in [0.15, 0.2) is 0 Å². The van der Waals surface area contributed by atoms with Crippen molar-refractivity contribution in [2.24, 2.45) is 5.92 Å². The van der Waals surface area contributed by atoms with Gasteiger partial charge in [0.15, 0.2) is 0 Å². The van der Waals surface area contributed by atoms with Crippen molar-refractivity contribution in [3.05, 3.63) is 0 Å². The van der Waals surface area contributed by atoms with E-state index in [0.29, 0.717) is 12.0 Å². The van der Waals surface area contributed by atoms with E-state index >= 15 is 0 Å². The summed E-state index contributed by atoms with van der Waals surface area (Å²) < 4.78 is 0. The molecule has 0 aromatic heterocycles. The van der Waals surface area contributed by atoms with Crippen LogP contribution in [-0.2, 0) is 0 Å². The first-order valence-corrected chi connectivity index (χ1v) is 5.65. The Hall–Kier alpha value is -0.730. The van der Waals surface area contributed by atoms with Gasteiger partial charge in [0.1, 0.15) is 0 Å². The molecule has 1 aliphatic carbocycles. The molecule has 1 atom stereocenters. The van der Waals surface area contributed by atoms with E-state index in [1.165, 1.54) is 6.42 Å². The minimum atomic E-state index is 0.00264. The van der Waals surface area contributed by atoms with E-state index in [-0.39, 0.29) is 12.1 Å². The van der Waals surface area contributed by atoms with Gasteiger partial charge >= 0.3 is 6.03 Å². The van der Waals surface area contributed by atoms with Crippen molar-refractivity contribution in [3.8, 4) is 0 Å². The van der Waals surface area contributed by atoms with Gasteiger partial charge in [-0.1, -0.05) is 13.8 Å². The highest BCUT2D eigenvalue weighted by Crippen LogP contribution is 2.17. The molecule has 0 spiro atoms. The number of urea groups is 1. The van der Waals surface area contributed by atoms with Crippen molar-refractivity contribution in [3.63, 3.8) is 0 Å². The monoisotopic (exact) mass is 198 g/mol. The highest BCUT2D eigenvalue weighted by molar-refractivity contribution is 5.74. The molecule has 82 valence electrons. The van der Waals surface area contributed by atoms with Gasteiger partial charge in [-0.2, -0.15) is 0 Å². The van der Waals surface area contributed by atoms with Gasteiger partial charge in [0.05, 0.1) is 0 Å². The number of nitrogens with one attached hydrogen (secondary N) is 2. The van der Waals surface area contributed by atoms with Gasteiger partial charge in [-0.15, -0.1) is 0 Å². The number of carbonyl (C=O) groups is 1. The molecule has 0 saturated heterocycles. The van der Waals surface area contributed by atoms with Crippen LogP contribution >= 0.6 is 0 Å². The number of rotatable bonds is 4. The lowest BCUT2D eigenvalue weighted by atomic mass is 9.93. The molecule has 1 unspecified atom stereocenters. The molecule has 0 radical (unpaired) electrons. The van der Waals surface area contributed by atoms with Crippen LogP contribution < -0.4 is 10.6 Å². The Balaban J connectivity index is 2.11. The fourth-order valence-corrected chi connectivity index (χ4v) is 1.77. The third kappa shape index (κ3) is 3.99. The van der Waals surface area contributed by atoms with E-state index in [9.17, 15) is 4.79 Å². The van der Waals surface area contributed by atoms with Crippen LogP contribution in [0.25, 0.3) is 0 Å². The van der Waals surface area contributed by atoms with E-state index in [1.807, 2.05) is 0 Å². The Labute approximate surface area is 86.6 Å². The Morgan fingerprint density at radius 2 is 2.00 bits per heavy atom. The van der Waals surface area contributed by atoms with Crippen molar-refractivity contribution in [2.75, 3.05) is 0 Å². The first kappa shape index (κ1) is 11.3. The maximum atomic E-state index is 11.4. The van der Waals surface area contributed by atoms with E-state index in [4.69, 9.17) is 0 Å². The zero-order valence-corrected chi connectivity index (χ0v) is 9.47. The normalized spacial score (nSPS) is 18.9. The van der Waals surface area contributed by atoms with Gasteiger partial charge in [-0.05, 0) is 38.5 Å². The number of amides is 2. The third-order valence-corrected chi connectivity index (χ3v) is 2.64. The van der Waals surface area contributed by atoms with Crippen molar-refractivity contribution in [2.45, 2.75) is 58.5 Å². The van der Waals surface area contributed by atoms with Crippen molar-refractivity contribution in [1.29, 1.82) is 0 Å². The van der Waals surface area contributed by atoms with Gasteiger partial charge in [-0.25, -0.2) is 4.79 Å². The number of hydrogen-bond donors (Lipinski definition) is 2. The predicted octanol–water partition coefficient (Wildman–Crippen LogP) is 2.27. The Kier molecular flexibility index (Phi) is 4.23. The Morgan fingerprint density at radius 3 is 2.43 bits per heavy atom. The minimum absolute atomic E-state index is 0.00264. The average molecular weight is 198 g/mol. The molecule has 1 rings (SSSR count). The lowest BCUT2D eigenvalue weighted by Crippen LogP contribution is -2.47. The molecule has 14 heavy (non-hydrogen) atoms. The van der Waals surface area contributed by atoms with Gasteiger partial charge in [0.25, 0.3) is 0 Å². The molecule has 0 aromatic carbocycles. The summed E-state index contributed by atoms with van der Waals surface area (Å²) in [6.07, 6.45) is 4.59. The lowest BCUT2D eigenvalue weighted by Gasteiger charge is -2.27. The van der Waals surface area contributed by atoms with Crippen LogP contribution in [0.4, 0.5) is 4.79 Å². The smallest absolute Gasteiger partial charge is 0.315 e. The maximum Gasteiger partial charge on any atom is 0.315 e. The molecule has 1 aliphatic rings. The average Bonchev–Trinajstić information content (AvgIpc) is 1.94. The molecule has 1 saturated carbocycles. The van der Waals surface area contributed by atoms with Crippen LogP contribution in [0.3, 0.4) is 0 Å². The summed E-state index contributed by atoms with van der Waals surface area (Å²) in [7, 11) is 0. The van der Waals surface area contributed by atoms with Crippen molar-refractivity contribution >= 4 is 6.03 Å². The van der Waals surface area contributed by atoms with Gasteiger partial charge in [0, 0.05) is 12.1 Å². The number of hydrogen-bond acceptors (Lipinski definition) is 1. The summed E-state index contributed by atoms with van der Waals surface area (Å²) >= 11 is 0. The predicted molar refractivity (Wildman–Crippen MR) is 58.2 cm³/mol. The summed E-state index contributed by atoms with van der Waals surface area (Å²) in [4.78, 5) is 11.4. The SMILES string of the molecule is CC(C)CC(C)NC(=O)NC1CCC1. The van der Waals surface area contributed by atoms with Crippen molar-refractivity contribution < 1.29 is 4.79 Å². The van der Waals surface area contributed by atoms with Gasteiger partial charge < -0.3 is 10.6 Å². The Morgan fingerprint density at radius 1 is 1.36 bits per heavy atom. The van der Waals surface area contributed by atoms with E-state index in [2.05, 4.69) is 31.4 Å². The zero-order chi connectivity index (χ0) is 10.6. The second-order valence-electron chi connectivity index (χ2n) is 4.78. The van der Waals surface area contributed by atoms with Crippen LogP contribution in [0, 0.1) is 5.92 Å². The first-order valence-electron chi connectivity index (χ1n) is 5.65. The highest BCUT2D eigenvalue weighted by atomic mass is 16.2. The van der Waals surface area contributed by atoms with Gasteiger partial charge in [0.2, 0.25) is 0 Å². The minimum Gasteiger partial charge on any atom is -0.336 e. The van der Waals surface area contributed by atoms with Crippen molar-refractivity contribution in [1.82, 2.24) is 10.6 Å². The molecule has 0 aliphatic heterocycles. The Bertz CT molecular complexity index is 188. The van der Waals surface area contributed by atoms with Crippen LogP contribution in [-0.4, -0.2) is 18.1 Å². The fraction of sp³-hybridized carbons (Fsp3) is 0.909. The fourth-order valence-electron chi connectivity index (χ4n) is 1.77. The molecular formula is C11H22N2O. The zero-order valence-electron chi connectivity index (χ0n) is 9.47. The number of carbonyl (C=O) groups excluding carboxylic acids is 1. The van der Waals surface area contributed by atoms with Crippen LogP contribution in [0.2, 0.25) is 0 Å². The molecule has 2 N–H and O–H groups in total.